The monoisotopic (exact) mass is 280 g/mol. The summed E-state index contributed by atoms with van der Waals surface area (Å²) in [7, 11) is 0. The molecule has 0 radical (unpaired) electrons. The van der Waals surface area contributed by atoms with E-state index in [9.17, 15) is 0 Å². The second-order valence-corrected chi connectivity index (χ2v) is 7.43. The van der Waals surface area contributed by atoms with E-state index < -0.39 is 0 Å². The molecule has 0 amide bonds. The fourth-order valence-corrected chi connectivity index (χ4v) is 4.79. The minimum Gasteiger partial charge on any atom is -0.359 e. The summed E-state index contributed by atoms with van der Waals surface area (Å²) in [5.41, 5.74) is 1.72. The number of fused-ring (bicyclic) bond motifs is 1. The zero-order valence-electron chi connectivity index (χ0n) is 11.0. The predicted octanol–water partition coefficient (Wildman–Crippen LogP) is 3.99. The zero-order chi connectivity index (χ0) is 12.6. The van der Waals surface area contributed by atoms with Crippen molar-refractivity contribution in [3.63, 3.8) is 0 Å². The molecule has 1 aromatic rings. The van der Waals surface area contributed by atoms with Crippen molar-refractivity contribution in [3.8, 4) is 0 Å². The van der Waals surface area contributed by atoms with Crippen LogP contribution in [0.4, 0.5) is 0 Å². The smallest absolute Gasteiger partial charge is 0.157 e. The van der Waals surface area contributed by atoms with E-state index >= 15 is 0 Å². The largest absolute Gasteiger partial charge is 0.359 e. The topological polar surface area (TPSA) is 24.4 Å². The summed E-state index contributed by atoms with van der Waals surface area (Å²) in [5.74, 6) is 1.14. The number of amidine groups is 1. The molecule has 2 atom stereocenters. The lowest BCUT2D eigenvalue weighted by atomic mass is 9.95. The summed E-state index contributed by atoms with van der Waals surface area (Å²) >= 11 is 3.78. The fourth-order valence-electron chi connectivity index (χ4n) is 2.56. The molecule has 1 aliphatic carbocycles. The van der Waals surface area contributed by atoms with Gasteiger partial charge in [-0.2, -0.15) is 0 Å². The molecule has 3 rings (SSSR count). The standard InChI is InChI=1S/C14H20N2S2/c1-3-14(2)9-18-13(16-14)15-11-5-4-6-12-10(11)7-8-17-12/h7-8,11H,3-6,9H2,1-2H3,(H,15,16). The van der Waals surface area contributed by atoms with Gasteiger partial charge in [-0.1, -0.05) is 18.7 Å². The van der Waals surface area contributed by atoms with E-state index in [-0.39, 0.29) is 5.54 Å². The molecule has 2 nitrogen and oxygen atoms in total. The molecule has 1 N–H and O–H groups in total. The minimum atomic E-state index is 0.246. The van der Waals surface area contributed by atoms with E-state index in [0.29, 0.717) is 6.04 Å². The lowest BCUT2D eigenvalue weighted by Gasteiger charge is -2.22. The second-order valence-electron chi connectivity index (χ2n) is 5.47. The summed E-state index contributed by atoms with van der Waals surface area (Å²) in [4.78, 5) is 6.52. The number of hydrogen-bond donors (Lipinski definition) is 1. The predicted molar refractivity (Wildman–Crippen MR) is 81.7 cm³/mol. The fraction of sp³-hybridized carbons (Fsp3) is 0.643. The third kappa shape index (κ3) is 2.32. The van der Waals surface area contributed by atoms with E-state index in [1.165, 1.54) is 24.8 Å². The number of nitrogens with zero attached hydrogens (tertiary/aromatic N) is 1. The molecule has 2 heterocycles. The number of aryl methyl sites for hydroxylation is 1. The Labute approximate surface area is 117 Å². The van der Waals surface area contributed by atoms with E-state index in [2.05, 4.69) is 30.6 Å². The number of rotatable bonds is 2. The van der Waals surface area contributed by atoms with Gasteiger partial charge in [0.2, 0.25) is 0 Å². The summed E-state index contributed by atoms with van der Waals surface area (Å²) in [6, 6.07) is 2.67. The molecule has 0 bridgehead atoms. The highest BCUT2D eigenvalue weighted by atomic mass is 32.2. The number of thioether (sulfide) groups is 1. The van der Waals surface area contributed by atoms with Crippen LogP contribution >= 0.6 is 23.1 Å². The highest BCUT2D eigenvalue weighted by Crippen LogP contribution is 2.37. The van der Waals surface area contributed by atoms with E-state index in [4.69, 9.17) is 4.99 Å². The molecule has 1 aliphatic heterocycles. The molecule has 4 heteroatoms. The van der Waals surface area contributed by atoms with Gasteiger partial charge in [0.25, 0.3) is 0 Å². The highest BCUT2D eigenvalue weighted by Gasteiger charge is 2.31. The van der Waals surface area contributed by atoms with Crippen molar-refractivity contribution in [1.29, 1.82) is 0 Å². The Hall–Kier alpha value is -0.480. The van der Waals surface area contributed by atoms with Gasteiger partial charge in [-0.05, 0) is 49.6 Å². The van der Waals surface area contributed by atoms with Gasteiger partial charge in [-0.25, -0.2) is 0 Å². The SMILES string of the molecule is CCC1(C)CSC(=NC2CCCc3sccc32)N1. The van der Waals surface area contributed by atoms with Gasteiger partial charge in [0.1, 0.15) is 0 Å². The number of nitrogens with one attached hydrogen (secondary N) is 1. The normalized spacial score (nSPS) is 33.4. The van der Waals surface area contributed by atoms with Crippen LogP contribution in [0, 0.1) is 0 Å². The molecular weight excluding hydrogens is 260 g/mol. The number of thiophene rings is 1. The Morgan fingerprint density at radius 3 is 3.22 bits per heavy atom. The van der Waals surface area contributed by atoms with Crippen molar-refractivity contribution < 1.29 is 0 Å². The van der Waals surface area contributed by atoms with E-state index in [0.717, 1.165) is 17.3 Å². The van der Waals surface area contributed by atoms with Gasteiger partial charge in [0.15, 0.2) is 5.17 Å². The molecule has 0 aromatic carbocycles. The maximum Gasteiger partial charge on any atom is 0.157 e. The first kappa shape index (κ1) is 12.5. The Morgan fingerprint density at radius 1 is 1.56 bits per heavy atom. The van der Waals surface area contributed by atoms with Gasteiger partial charge in [0.05, 0.1) is 6.04 Å². The van der Waals surface area contributed by atoms with Crippen LogP contribution in [0.1, 0.15) is 49.6 Å². The summed E-state index contributed by atoms with van der Waals surface area (Å²) in [6.45, 7) is 4.54. The van der Waals surface area contributed by atoms with Gasteiger partial charge >= 0.3 is 0 Å². The van der Waals surface area contributed by atoms with Gasteiger partial charge in [-0.15, -0.1) is 11.3 Å². The number of aliphatic imine (C=N–C) groups is 1. The molecule has 0 saturated carbocycles. The molecule has 1 fully saturated rings. The Balaban J connectivity index is 1.79. The Kier molecular flexibility index (Phi) is 3.41. The van der Waals surface area contributed by atoms with Crippen molar-refractivity contribution in [2.24, 2.45) is 4.99 Å². The van der Waals surface area contributed by atoms with Crippen molar-refractivity contribution in [1.82, 2.24) is 5.32 Å². The summed E-state index contributed by atoms with van der Waals surface area (Å²) in [5, 5.41) is 6.98. The molecule has 2 unspecified atom stereocenters. The molecule has 1 aromatic heterocycles. The lowest BCUT2D eigenvalue weighted by Crippen LogP contribution is -2.39. The highest BCUT2D eigenvalue weighted by molar-refractivity contribution is 8.14. The first-order valence-electron chi connectivity index (χ1n) is 6.75. The first-order valence-corrected chi connectivity index (χ1v) is 8.62. The van der Waals surface area contributed by atoms with Crippen LogP contribution in [0.15, 0.2) is 16.4 Å². The lowest BCUT2D eigenvalue weighted by molar-refractivity contribution is 0.464. The summed E-state index contributed by atoms with van der Waals surface area (Å²) < 4.78 is 0. The Morgan fingerprint density at radius 2 is 2.44 bits per heavy atom. The van der Waals surface area contributed by atoms with Crippen molar-refractivity contribution >= 4 is 28.3 Å². The molecule has 2 aliphatic rings. The quantitative estimate of drug-likeness (QED) is 0.886. The van der Waals surface area contributed by atoms with Crippen LogP contribution in [0.3, 0.4) is 0 Å². The zero-order valence-corrected chi connectivity index (χ0v) is 12.7. The van der Waals surface area contributed by atoms with Crippen molar-refractivity contribution in [3.05, 3.63) is 21.9 Å². The van der Waals surface area contributed by atoms with Gasteiger partial charge < -0.3 is 5.32 Å². The van der Waals surface area contributed by atoms with E-state index in [1.54, 1.807) is 4.88 Å². The van der Waals surface area contributed by atoms with Crippen molar-refractivity contribution in [2.45, 2.75) is 51.1 Å². The maximum atomic E-state index is 4.97. The molecule has 18 heavy (non-hydrogen) atoms. The third-order valence-electron chi connectivity index (χ3n) is 4.01. The van der Waals surface area contributed by atoms with Crippen LogP contribution in [0.2, 0.25) is 0 Å². The van der Waals surface area contributed by atoms with Crippen LogP contribution < -0.4 is 5.32 Å². The van der Waals surface area contributed by atoms with Crippen LogP contribution in [0.25, 0.3) is 0 Å². The van der Waals surface area contributed by atoms with Crippen molar-refractivity contribution in [2.75, 3.05) is 5.75 Å². The average molecular weight is 280 g/mol. The van der Waals surface area contributed by atoms with E-state index in [1.807, 2.05) is 23.1 Å². The summed E-state index contributed by atoms with van der Waals surface area (Å²) in [6.07, 6.45) is 4.90. The average Bonchev–Trinajstić information content (AvgIpc) is 2.98. The van der Waals surface area contributed by atoms with Gasteiger partial charge in [0, 0.05) is 16.2 Å². The third-order valence-corrected chi connectivity index (χ3v) is 6.27. The molecule has 98 valence electrons. The first-order chi connectivity index (χ1) is 8.70. The minimum absolute atomic E-state index is 0.246. The second kappa shape index (κ2) is 4.89. The van der Waals surface area contributed by atoms with Crippen LogP contribution in [0.5, 0.6) is 0 Å². The molecular formula is C14H20N2S2. The van der Waals surface area contributed by atoms with Crippen LogP contribution in [-0.4, -0.2) is 16.5 Å². The molecule has 1 saturated heterocycles. The molecule has 0 spiro atoms. The van der Waals surface area contributed by atoms with Crippen LogP contribution in [-0.2, 0) is 6.42 Å². The number of hydrogen-bond acceptors (Lipinski definition) is 3. The Bertz CT molecular complexity index is 466. The maximum absolute atomic E-state index is 4.97. The van der Waals surface area contributed by atoms with Gasteiger partial charge in [-0.3, -0.25) is 4.99 Å².